The third kappa shape index (κ3) is 3.33. The Balaban J connectivity index is 1.25. The zero-order chi connectivity index (χ0) is 20.9. The highest BCUT2D eigenvalue weighted by Gasteiger charge is 2.46. The number of aromatic amines is 1. The maximum absolute atomic E-state index is 13.5. The van der Waals surface area contributed by atoms with Gasteiger partial charge in [0.15, 0.2) is 11.6 Å². The van der Waals surface area contributed by atoms with Gasteiger partial charge in [0.25, 0.3) is 0 Å². The lowest BCUT2D eigenvalue weighted by Gasteiger charge is -2.48. The number of nitrogens with one attached hydrogen (secondary N) is 3. The van der Waals surface area contributed by atoms with E-state index in [9.17, 15) is 13.6 Å². The number of hydrogen-bond acceptors (Lipinski definition) is 4. The van der Waals surface area contributed by atoms with Crippen LogP contribution in [0.5, 0.6) is 0 Å². The van der Waals surface area contributed by atoms with Crippen molar-refractivity contribution < 1.29 is 18.3 Å². The van der Waals surface area contributed by atoms with Crippen molar-refractivity contribution in [2.45, 2.75) is 6.42 Å². The highest BCUT2D eigenvalue weighted by atomic mass is 35.5. The number of anilines is 3. The van der Waals surface area contributed by atoms with Gasteiger partial charge in [-0.25, -0.2) is 18.6 Å². The minimum Gasteiger partial charge on any atom is -0.381 e. The number of fused-ring (bicyclic) bond motifs is 1. The fourth-order valence-corrected chi connectivity index (χ4v) is 4.33. The fraction of sp³-hybridized carbons (Fsp3) is 0.300. The van der Waals surface area contributed by atoms with Crippen LogP contribution in [0.2, 0.25) is 5.02 Å². The van der Waals surface area contributed by atoms with Crippen molar-refractivity contribution in [1.82, 2.24) is 9.97 Å². The number of amides is 2. The van der Waals surface area contributed by atoms with Crippen molar-refractivity contribution in [3.63, 3.8) is 0 Å². The number of H-pyrrole nitrogens is 1. The van der Waals surface area contributed by atoms with E-state index in [1.165, 1.54) is 12.4 Å². The normalized spacial score (nSPS) is 17.4. The van der Waals surface area contributed by atoms with Gasteiger partial charge in [0.1, 0.15) is 5.82 Å². The van der Waals surface area contributed by atoms with E-state index in [-0.39, 0.29) is 5.41 Å². The van der Waals surface area contributed by atoms with Gasteiger partial charge in [0.2, 0.25) is 0 Å². The van der Waals surface area contributed by atoms with Crippen LogP contribution in [0.4, 0.5) is 30.8 Å². The second-order valence-electron chi connectivity index (χ2n) is 7.78. The van der Waals surface area contributed by atoms with Crippen LogP contribution in [0, 0.1) is 17.0 Å². The Morgan fingerprint density at radius 1 is 1.23 bits per heavy atom. The molecule has 0 unspecified atom stereocenters. The van der Waals surface area contributed by atoms with Crippen LogP contribution in [0.1, 0.15) is 6.42 Å². The fourth-order valence-electron chi connectivity index (χ4n) is 4.05. The number of pyridine rings is 1. The lowest BCUT2D eigenvalue weighted by molar-refractivity contribution is 0.131. The van der Waals surface area contributed by atoms with E-state index in [1.807, 2.05) is 0 Å². The monoisotopic (exact) mass is 433 g/mol. The summed E-state index contributed by atoms with van der Waals surface area (Å²) in [6, 6.07) is 3.13. The number of nitrogens with zero attached hydrogens (tertiary/aromatic N) is 2. The van der Waals surface area contributed by atoms with Gasteiger partial charge in [-0.15, -0.1) is 0 Å². The molecule has 0 bridgehead atoms. The number of benzene rings is 1. The predicted molar refractivity (Wildman–Crippen MR) is 110 cm³/mol. The van der Waals surface area contributed by atoms with Crippen molar-refractivity contribution in [1.29, 1.82) is 0 Å². The summed E-state index contributed by atoms with van der Waals surface area (Å²) in [6.45, 7) is 3.27. The molecule has 30 heavy (non-hydrogen) atoms. The molecule has 5 rings (SSSR count). The van der Waals surface area contributed by atoms with E-state index in [1.54, 1.807) is 6.07 Å². The van der Waals surface area contributed by atoms with Gasteiger partial charge < -0.3 is 25.3 Å². The molecule has 0 aliphatic carbocycles. The molecule has 3 N–H and O–H groups in total. The van der Waals surface area contributed by atoms with Crippen molar-refractivity contribution in [2.75, 3.05) is 41.8 Å². The Kier molecular flexibility index (Phi) is 4.52. The summed E-state index contributed by atoms with van der Waals surface area (Å²) in [4.78, 5) is 21.6. The number of ether oxygens (including phenoxy) is 1. The molecule has 2 aromatic heterocycles. The molecule has 2 aliphatic rings. The number of carbonyl (C=O) groups excluding carboxylic acids is 1. The predicted octanol–water partition coefficient (Wildman–Crippen LogP) is 4.37. The van der Waals surface area contributed by atoms with Gasteiger partial charge in [0.05, 0.1) is 34.7 Å². The SMILES string of the molecule is O=C(Nc1cnc(N2CC3(CCOC3)C2)c(Cl)c1)Nc1c[nH]c2cc(F)c(F)cc12. The molecule has 1 spiro atoms. The lowest BCUT2D eigenvalue weighted by atomic mass is 9.79. The summed E-state index contributed by atoms with van der Waals surface area (Å²) in [6.07, 6.45) is 4.04. The quantitative estimate of drug-likeness (QED) is 0.573. The molecule has 2 amide bonds. The first kappa shape index (κ1) is 19.1. The average molecular weight is 434 g/mol. The zero-order valence-corrected chi connectivity index (χ0v) is 16.5. The summed E-state index contributed by atoms with van der Waals surface area (Å²) < 4.78 is 32.3. The van der Waals surface area contributed by atoms with E-state index in [4.69, 9.17) is 16.3 Å². The maximum Gasteiger partial charge on any atom is 0.323 e. The highest BCUT2D eigenvalue weighted by Crippen LogP contribution is 2.42. The summed E-state index contributed by atoms with van der Waals surface area (Å²) in [7, 11) is 0. The van der Waals surface area contributed by atoms with Crippen LogP contribution in [-0.4, -0.2) is 42.3 Å². The molecular weight excluding hydrogens is 416 g/mol. The molecule has 1 aromatic carbocycles. The number of carbonyl (C=O) groups is 1. The third-order valence-electron chi connectivity index (χ3n) is 5.59. The van der Waals surface area contributed by atoms with Gasteiger partial charge in [-0.2, -0.15) is 0 Å². The van der Waals surface area contributed by atoms with E-state index in [0.717, 1.165) is 44.9 Å². The Bertz CT molecular complexity index is 1140. The first-order valence-corrected chi connectivity index (χ1v) is 9.83. The number of rotatable bonds is 3. The van der Waals surface area contributed by atoms with Crippen LogP contribution in [0.15, 0.2) is 30.6 Å². The van der Waals surface area contributed by atoms with E-state index in [0.29, 0.717) is 33.1 Å². The van der Waals surface area contributed by atoms with Gasteiger partial charge >= 0.3 is 6.03 Å². The molecular formula is C20H18ClF2N5O2. The summed E-state index contributed by atoms with van der Waals surface area (Å²) >= 11 is 6.38. The zero-order valence-electron chi connectivity index (χ0n) is 15.8. The van der Waals surface area contributed by atoms with E-state index in [2.05, 4.69) is 25.5 Å². The first-order chi connectivity index (χ1) is 14.4. The summed E-state index contributed by atoms with van der Waals surface area (Å²) in [5.74, 6) is -1.28. The molecule has 156 valence electrons. The largest absolute Gasteiger partial charge is 0.381 e. The van der Waals surface area contributed by atoms with Crippen LogP contribution in [0.25, 0.3) is 10.9 Å². The summed E-state index contributed by atoms with van der Waals surface area (Å²) in [5.41, 5.74) is 1.32. The standard InChI is InChI=1S/C20H18ClF2N5O2/c21-13-3-11(6-25-18(13)28-8-20(9-28)1-2-30-10-20)26-19(29)27-17-7-24-16-5-15(23)14(22)4-12(16)17/h3-7,24H,1-2,8-10H2,(H2,26,27,29). The van der Waals surface area contributed by atoms with Gasteiger partial charge in [-0.1, -0.05) is 11.6 Å². The van der Waals surface area contributed by atoms with E-state index < -0.39 is 17.7 Å². The van der Waals surface area contributed by atoms with Gasteiger partial charge in [-0.05, 0) is 18.6 Å². The Hall–Kier alpha value is -2.91. The lowest BCUT2D eigenvalue weighted by Crippen LogP contribution is -2.57. The molecule has 3 aromatic rings. The minimum absolute atomic E-state index is 0.212. The van der Waals surface area contributed by atoms with Crippen LogP contribution >= 0.6 is 11.6 Å². The van der Waals surface area contributed by atoms with Crippen LogP contribution in [0.3, 0.4) is 0 Å². The van der Waals surface area contributed by atoms with Crippen LogP contribution in [-0.2, 0) is 4.74 Å². The highest BCUT2D eigenvalue weighted by molar-refractivity contribution is 6.33. The number of halogens is 3. The molecule has 0 atom stereocenters. The molecule has 7 nitrogen and oxygen atoms in total. The Morgan fingerprint density at radius 2 is 2.03 bits per heavy atom. The minimum atomic E-state index is -0.992. The van der Waals surface area contributed by atoms with Crippen molar-refractivity contribution in [3.8, 4) is 0 Å². The number of aromatic nitrogens is 2. The second kappa shape index (κ2) is 7.10. The molecule has 4 heterocycles. The molecule has 2 aliphatic heterocycles. The smallest absolute Gasteiger partial charge is 0.323 e. The average Bonchev–Trinajstić information content (AvgIpc) is 3.30. The van der Waals surface area contributed by atoms with Gasteiger partial charge in [0, 0.05) is 42.8 Å². The Labute approximate surface area is 175 Å². The van der Waals surface area contributed by atoms with Gasteiger partial charge in [-0.3, -0.25) is 0 Å². The molecule has 0 saturated carbocycles. The first-order valence-electron chi connectivity index (χ1n) is 9.45. The van der Waals surface area contributed by atoms with E-state index >= 15 is 0 Å². The van der Waals surface area contributed by atoms with Crippen LogP contribution < -0.4 is 15.5 Å². The second-order valence-corrected chi connectivity index (χ2v) is 8.19. The molecule has 10 heteroatoms. The summed E-state index contributed by atoms with van der Waals surface area (Å²) in [5, 5.41) is 6.05. The molecule has 2 saturated heterocycles. The third-order valence-corrected chi connectivity index (χ3v) is 5.87. The molecule has 0 radical (unpaired) electrons. The van der Waals surface area contributed by atoms with Crippen molar-refractivity contribution in [3.05, 3.63) is 47.2 Å². The molecule has 2 fully saturated rings. The topological polar surface area (TPSA) is 82.3 Å². The Morgan fingerprint density at radius 3 is 2.77 bits per heavy atom. The number of hydrogen-bond donors (Lipinski definition) is 3. The maximum atomic E-state index is 13.5. The van der Waals surface area contributed by atoms with Crippen molar-refractivity contribution >= 4 is 45.7 Å². The van der Waals surface area contributed by atoms with Crippen molar-refractivity contribution in [2.24, 2.45) is 5.41 Å². The number of urea groups is 1.